The minimum Gasteiger partial charge on any atom is -0.493 e. The van der Waals surface area contributed by atoms with Gasteiger partial charge < -0.3 is 19.5 Å². The number of amides is 1. The molecule has 0 saturated carbocycles. The van der Waals surface area contributed by atoms with Gasteiger partial charge in [-0.2, -0.15) is 5.26 Å². The molecule has 7 nitrogen and oxygen atoms in total. The monoisotopic (exact) mass is 348 g/mol. The van der Waals surface area contributed by atoms with Crippen molar-refractivity contribution in [2.24, 2.45) is 0 Å². The molecule has 0 saturated heterocycles. The van der Waals surface area contributed by atoms with Crippen LogP contribution in [0.15, 0.2) is 29.0 Å². The van der Waals surface area contributed by atoms with Crippen molar-refractivity contribution in [3.8, 4) is 5.40 Å². The van der Waals surface area contributed by atoms with Gasteiger partial charge in [0.2, 0.25) is 5.76 Å². The third-order valence-electron chi connectivity index (χ3n) is 3.12. The number of rotatable bonds is 5. The van der Waals surface area contributed by atoms with Crippen LogP contribution in [0.25, 0.3) is 0 Å². The van der Waals surface area contributed by atoms with E-state index >= 15 is 0 Å². The molecule has 1 aliphatic rings. The number of nitrogens with zero attached hydrogens (tertiary/aromatic N) is 1. The van der Waals surface area contributed by atoms with E-state index in [1.807, 2.05) is 19.2 Å². The summed E-state index contributed by atoms with van der Waals surface area (Å²) in [5.41, 5.74) is 2.27. The lowest BCUT2D eigenvalue weighted by atomic mass is 10.1. The number of ether oxygens (including phenoxy) is 3. The van der Waals surface area contributed by atoms with Gasteiger partial charge in [0.05, 0.1) is 0 Å². The first-order chi connectivity index (χ1) is 11.5. The number of benzene rings is 1. The molecule has 1 aliphatic heterocycles. The Kier molecular flexibility index (Phi) is 6.09. The predicted molar refractivity (Wildman–Crippen MR) is 87.0 cm³/mol. The smallest absolute Gasteiger partial charge is 0.377 e. The zero-order chi connectivity index (χ0) is 17.5. The highest BCUT2D eigenvalue weighted by Crippen LogP contribution is 2.27. The summed E-state index contributed by atoms with van der Waals surface area (Å²) in [6, 6.07) is 3.61. The van der Waals surface area contributed by atoms with E-state index < -0.39 is 18.5 Å². The molecule has 1 aromatic rings. The van der Waals surface area contributed by atoms with Crippen LogP contribution in [0.5, 0.6) is 0 Å². The first kappa shape index (κ1) is 17.7. The van der Waals surface area contributed by atoms with E-state index in [9.17, 15) is 9.59 Å². The molecular weight excluding hydrogens is 332 g/mol. The first-order valence-electron chi connectivity index (χ1n) is 7.10. The van der Waals surface area contributed by atoms with Crippen LogP contribution in [0.3, 0.4) is 0 Å². The van der Waals surface area contributed by atoms with Crippen LogP contribution in [0.1, 0.15) is 11.1 Å². The fraction of sp³-hybridized carbons (Fsp3) is 0.312. The molecule has 0 bridgehead atoms. The Hall–Kier alpha value is -2.66. The van der Waals surface area contributed by atoms with Gasteiger partial charge in [-0.1, -0.05) is 0 Å². The Labute approximate surface area is 143 Å². The summed E-state index contributed by atoms with van der Waals surface area (Å²) < 4.78 is 14.9. The van der Waals surface area contributed by atoms with Crippen molar-refractivity contribution in [2.75, 3.05) is 25.1 Å². The highest BCUT2D eigenvalue weighted by atomic mass is 32.2. The fourth-order valence-corrected chi connectivity index (χ4v) is 2.66. The van der Waals surface area contributed by atoms with Gasteiger partial charge in [-0.15, -0.1) is 0 Å². The van der Waals surface area contributed by atoms with E-state index in [2.05, 4.69) is 5.32 Å². The molecule has 2 rings (SSSR count). The van der Waals surface area contributed by atoms with Crippen molar-refractivity contribution in [1.29, 1.82) is 5.26 Å². The molecule has 1 amide bonds. The van der Waals surface area contributed by atoms with Gasteiger partial charge in [0.25, 0.3) is 5.91 Å². The molecule has 1 N–H and O–H groups in total. The number of anilines is 1. The molecule has 1 heterocycles. The Balaban J connectivity index is 1.94. The van der Waals surface area contributed by atoms with Crippen LogP contribution >= 0.6 is 11.8 Å². The second kappa shape index (κ2) is 8.26. The average molecular weight is 348 g/mol. The van der Waals surface area contributed by atoms with Gasteiger partial charge in [-0.3, -0.25) is 4.79 Å². The van der Waals surface area contributed by atoms with Gasteiger partial charge in [-0.05, 0) is 48.9 Å². The topological polar surface area (TPSA) is 97.7 Å². The van der Waals surface area contributed by atoms with Crippen LogP contribution in [0, 0.1) is 24.5 Å². The standard InChI is InChI=1S/C16H16N2O5S/c1-10-5-12(24-9-17)6-11(2)15(10)18-14(19)8-23-16(20)13-7-21-3-4-22-13/h5-7H,3-4,8H2,1-2H3,(H,18,19). The lowest BCUT2D eigenvalue weighted by Gasteiger charge is -2.15. The minimum atomic E-state index is -0.751. The van der Waals surface area contributed by atoms with Crippen LogP contribution in [0.4, 0.5) is 5.69 Å². The molecule has 0 aromatic heterocycles. The van der Waals surface area contributed by atoms with Gasteiger partial charge in [0.15, 0.2) is 6.61 Å². The average Bonchev–Trinajstić information content (AvgIpc) is 2.57. The Morgan fingerprint density at radius 2 is 2.04 bits per heavy atom. The van der Waals surface area contributed by atoms with Gasteiger partial charge in [0, 0.05) is 10.6 Å². The van der Waals surface area contributed by atoms with Crippen LogP contribution in [-0.4, -0.2) is 31.7 Å². The molecule has 0 atom stereocenters. The Bertz CT molecular complexity index is 701. The third-order valence-corrected chi connectivity index (χ3v) is 3.68. The second-order valence-corrected chi connectivity index (χ2v) is 5.81. The maximum absolute atomic E-state index is 12.0. The number of carbonyl (C=O) groups excluding carboxylic acids is 2. The van der Waals surface area contributed by atoms with Crippen molar-refractivity contribution in [3.05, 3.63) is 35.3 Å². The number of aryl methyl sites for hydroxylation is 2. The first-order valence-corrected chi connectivity index (χ1v) is 7.91. The zero-order valence-electron chi connectivity index (χ0n) is 13.3. The Morgan fingerprint density at radius 1 is 1.33 bits per heavy atom. The maximum Gasteiger partial charge on any atom is 0.377 e. The maximum atomic E-state index is 12.0. The largest absolute Gasteiger partial charge is 0.493 e. The number of nitriles is 1. The summed E-state index contributed by atoms with van der Waals surface area (Å²) in [4.78, 5) is 24.5. The molecule has 1 aromatic carbocycles. The van der Waals surface area contributed by atoms with E-state index in [-0.39, 0.29) is 12.4 Å². The molecule has 24 heavy (non-hydrogen) atoms. The molecule has 126 valence electrons. The lowest BCUT2D eigenvalue weighted by molar-refractivity contribution is -0.148. The lowest BCUT2D eigenvalue weighted by Crippen LogP contribution is -2.24. The molecule has 0 unspecified atom stereocenters. The minimum absolute atomic E-state index is 0.0562. The highest BCUT2D eigenvalue weighted by molar-refractivity contribution is 8.03. The van der Waals surface area contributed by atoms with Gasteiger partial charge >= 0.3 is 5.97 Å². The molecule has 8 heteroatoms. The van der Waals surface area contributed by atoms with Crippen molar-refractivity contribution in [2.45, 2.75) is 18.7 Å². The van der Waals surface area contributed by atoms with Crippen molar-refractivity contribution in [1.82, 2.24) is 0 Å². The predicted octanol–water partition coefficient (Wildman–Crippen LogP) is 2.25. The van der Waals surface area contributed by atoms with E-state index in [0.717, 1.165) is 27.8 Å². The van der Waals surface area contributed by atoms with E-state index in [0.29, 0.717) is 12.3 Å². The number of esters is 1. The van der Waals surface area contributed by atoms with E-state index in [4.69, 9.17) is 19.5 Å². The summed E-state index contributed by atoms with van der Waals surface area (Å²) in [5.74, 6) is -1.27. The number of hydrogen-bond acceptors (Lipinski definition) is 7. The summed E-state index contributed by atoms with van der Waals surface area (Å²) in [6.07, 6.45) is 1.17. The van der Waals surface area contributed by atoms with E-state index in [1.54, 1.807) is 12.1 Å². The van der Waals surface area contributed by atoms with E-state index in [1.165, 1.54) is 6.26 Å². The second-order valence-electron chi connectivity index (χ2n) is 4.95. The van der Waals surface area contributed by atoms with Gasteiger partial charge in [0.1, 0.15) is 24.9 Å². The highest BCUT2D eigenvalue weighted by Gasteiger charge is 2.18. The molecule has 0 fully saturated rings. The molecular formula is C16H16N2O5S. The molecule has 0 spiro atoms. The number of nitrogens with one attached hydrogen (secondary N) is 1. The normalized spacial score (nSPS) is 13.0. The Morgan fingerprint density at radius 3 is 2.62 bits per heavy atom. The van der Waals surface area contributed by atoms with Crippen LogP contribution in [-0.2, 0) is 23.8 Å². The quantitative estimate of drug-likeness (QED) is 0.495. The number of thiocyanates is 1. The number of carbonyl (C=O) groups is 2. The fourth-order valence-electron chi connectivity index (χ4n) is 2.09. The van der Waals surface area contributed by atoms with Crippen molar-refractivity contribution >= 4 is 29.3 Å². The van der Waals surface area contributed by atoms with Gasteiger partial charge in [-0.25, -0.2) is 4.79 Å². The van der Waals surface area contributed by atoms with Crippen molar-refractivity contribution < 1.29 is 23.8 Å². The van der Waals surface area contributed by atoms with Crippen LogP contribution in [0.2, 0.25) is 0 Å². The summed E-state index contributed by atoms with van der Waals surface area (Å²) in [6.45, 7) is 3.85. The SMILES string of the molecule is Cc1cc(SC#N)cc(C)c1NC(=O)COC(=O)C1=COCCO1. The number of thioether (sulfide) groups is 1. The van der Waals surface area contributed by atoms with Crippen molar-refractivity contribution in [3.63, 3.8) is 0 Å². The summed E-state index contributed by atoms with van der Waals surface area (Å²) in [7, 11) is 0. The third kappa shape index (κ3) is 4.67. The molecule has 0 aliphatic carbocycles. The van der Waals surface area contributed by atoms with Crippen LogP contribution < -0.4 is 5.32 Å². The molecule has 0 radical (unpaired) electrons. The number of hydrogen-bond donors (Lipinski definition) is 1. The summed E-state index contributed by atoms with van der Waals surface area (Å²) >= 11 is 1.05. The summed E-state index contributed by atoms with van der Waals surface area (Å²) in [5, 5.41) is 13.4. The zero-order valence-corrected chi connectivity index (χ0v) is 14.1.